The summed E-state index contributed by atoms with van der Waals surface area (Å²) in [6.07, 6.45) is 8.26. The number of rotatable bonds is 4. The summed E-state index contributed by atoms with van der Waals surface area (Å²) in [4.78, 5) is 13.7. The average Bonchev–Trinajstić information content (AvgIpc) is 3.31. The topological polar surface area (TPSA) is 35.5 Å². The molecule has 176 valence electrons. The molecule has 1 spiro atoms. The predicted molar refractivity (Wildman–Crippen MR) is 124 cm³/mol. The van der Waals surface area contributed by atoms with Gasteiger partial charge in [0.05, 0.1) is 18.8 Å². The molecule has 0 radical (unpaired) electrons. The first-order chi connectivity index (χ1) is 14.2. The lowest BCUT2D eigenvalue weighted by atomic mass is 9.70. The van der Waals surface area contributed by atoms with E-state index in [-0.39, 0.29) is 45.9 Å². The molecule has 0 aromatic rings. The Morgan fingerprint density at radius 2 is 1.71 bits per heavy atom. The summed E-state index contributed by atoms with van der Waals surface area (Å²) < 4.78 is 13.8. The van der Waals surface area contributed by atoms with Crippen LogP contribution in [0.2, 0.25) is 0 Å². The fourth-order valence-electron chi connectivity index (χ4n) is 9.19. The van der Waals surface area contributed by atoms with E-state index in [1.54, 1.807) is 0 Å². The van der Waals surface area contributed by atoms with Gasteiger partial charge in [-0.1, -0.05) is 61.8 Å². The van der Waals surface area contributed by atoms with Crippen LogP contribution in [0.25, 0.3) is 0 Å². The zero-order chi connectivity index (χ0) is 22.6. The highest BCUT2D eigenvalue weighted by Crippen LogP contribution is 2.71. The van der Waals surface area contributed by atoms with E-state index in [9.17, 15) is 4.79 Å². The van der Waals surface area contributed by atoms with Gasteiger partial charge in [0, 0.05) is 11.3 Å². The summed E-state index contributed by atoms with van der Waals surface area (Å²) in [7, 11) is 0. The van der Waals surface area contributed by atoms with Gasteiger partial charge in [-0.3, -0.25) is 4.79 Å². The minimum absolute atomic E-state index is 0.0390. The van der Waals surface area contributed by atoms with Crippen molar-refractivity contribution in [3.8, 4) is 0 Å². The molecule has 31 heavy (non-hydrogen) atoms. The van der Waals surface area contributed by atoms with Crippen molar-refractivity contribution in [3.63, 3.8) is 0 Å². The SMILES string of the molecule is CC(C)(C)CO[C@@H]1[C@H]2CC[C@@](C)([C@@H]1O[C@H]1C(=O)[C@@H]3CCC[C@@]34CC(C)(C)C[C@@H]14)C2(C)C. The van der Waals surface area contributed by atoms with Gasteiger partial charge in [0.1, 0.15) is 6.10 Å². The van der Waals surface area contributed by atoms with E-state index < -0.39 is 0 Å². The monoisotopic (exact) mass is 430 g/mol. The first kappa shape index (κ1) is 22.4. The van der Waals surface area contributed by atoms with Crippen LogP contribution in [0, 0.1) is 44.8 Å². The lowest BCUT2D eigenvalue weighted by molar-refractivity contribution is -0.170. The molecular weight excluding hydrogens is 384 g/mol. The van der Waals surface area contributed by atoms with E-state index in [1.807, 2.05) is 0 Å². The lowest BCUT2D eigenvalue weighted by Crippen LogP contribution is -2.47. The maximum atomic E-state index is 13.7. The first-order valence-electron chi connectivity index (χ1n) is 13.0. The van der Waals surface area contributed by atoms with Gasteiger partial charge in [0.15, 0.2) is 5.78 Å². The van der Waals surface area contributed by atoms with Crippen LogP contribution in [-0.4, -0.2) is 30.7 Å². The quantitative estimate of drug-likeness (QED) is 0.515. The number of hydrogen-bond donors (Lipinski definition) is 0. The van der Waals surface area contributed by atoms with Crippen LogP contribution in [-0.2, 0) is 14.3 Å². The standard InChI is InChI=1S/C28H46O3/c1-24(2,3)16-30-22-18-11-13-27(8,26(18,6)7)23(22)31-21-19-14-25(4,5)15-28(19)12-9-10-17(28)20(21)29/h17-19,21-23H,9-16H2,1-8H3/t17-,18+,19-,21+,22+,23+,27-,28+/m0/s1. The summed E-state index contributed by atoms with van der Waals surface area (Å²) in [6.45, 7) is 19.6. The van der Waals surface area contributed by atoms with Crippen molar-refractivity contribution in [3.05, 3.63) is 0 Å². The Balaban J connectivity index is 1.45. The van der Waals surface area contributed by atoms with E-state index >= 15 is 0 Å². The molecule has 0 N–H and O–H groups in total. The van der Waals surface area contributed by atoms with Gasteiger partial charge in [-0.05, 0) is 72.0 Å². The summed E-state index contributed by atoms with van der Waals surface area (Å²) in [6, 6.07) is 0. The second kappa shape index (κ2) is 6.59. The van der Waals surface area contributed by atoms with Gasteiger partial charge in [-0.15, -0.1) is 0 Å². The minimum atomic E-state index is -0.204. The van der Waals surface area contributed by atoms with Gasteiger partial charge in [-0.25, -0.2) is 0 Å². The van der Waals surface area contributed by atoms with E-state index in [2.05, 4.69) is 55.4 Å². The maximum Gasteiger partial charge on any atom is 0.165 e. The molecule has 0 aromatic heterocycles. The summed E-state index contributed by atoms with van der Waals surface area (Å²) in [5.74, 6) is 1.63. The van der Waals surface area contributed by atoms with E-state index in [0.717, 1.165) is 19.4 Å². The van der Waals surface area contributed by atoms with Crippen molar-refractivity contribution in [2.75, 3.05) is 6.61 Å². The fourth-order valence-corrected chi connectivity index (χ4v) is 9.19. The third-order valence-corrected chi connectivity index (χ3v) is 10.8. The molecule has 0 saturated heterocycles. The van der Waals surface area contributed by atoms with Crippen molar-refractivity contribution >= 4 is 5.78 Å². The van der Waals surface area contributed by atoms with Gasteiger partial charge in [-0.2, -0.15) is 0 Å². The lowest BCUT2D eigenvalue weighted by Gasteiger charge is -2.42. The number of Topliss-reactive ketones (excluding diaryl/α,β-unsaturated/α-hetero) is 1. The third kappa shape index (κ3) is 3.00. The molecular formula is C28H46O3. The second-order valence-corrected chi connectivity index (χ2v) is 14.8. The Hall–Kier alpha value is -0.410. The van der Waals surface area contributed by atoms with Gasteiger partial charge in [0.25, 0.3) is 0 Å². The number of fused-ring (bicyclic) bond motifs is 2. The highest BCUT2D eigenvalue weighted by molar-refractivity contribution is 5.90. The van der Waals surface area contributed by atoms with Crippen LogP contribution in [0.1, 0.15) is 100 Å². The molecule has 0 aromatic carbocycles. The largest absolute Gasteiger partial charge is 0.375 e. The maximum absolute atomic E-state index is 13.7. The molecule has 5 fully saturated rings. The Morgan fingerprint density at radius 3 is 2.39 bits per heavy atom. The van der Waals surface area contributed by atoms with Crippen LogP contribution in [0.4, 0.5) is 0 Å². The van der Waals surface area contributed by atoms with Crippen LogP contribution >= 0.6 is 0 Å². The van der Waals surface area contributed by atoms with Crippen LogP contribution in [0.15, 0.2) is 0 Å². The smallest absolute Gasteiger partial charge is 0.165 e. The summed E-state index contributed by atoms with van der Waals surface area (Å²) >= 11 is 0. The normalized spacial score (nSPS) is 49.6. The minimum Gasteiger partial charge on any atom is -0.375 e. The molecule has 0 heterocycles. The Bertz CT molecular complexity index is 761. The van der Waals surface area contributed by atoms with Crippen molar-refractivity contribution in [2.24, 2.45) is 44.8 Å². The van der Waals surface area contributed by atoms with E-state index in [4.69, 9.17) is 9.47 Å². The van der Waals surface area contributed by atoms with Crippen LogP contribution < -0.4 is 0 Å². The number of carbonyl (C=O) groups is 1. The Kier molecular flexibility index (Phi) is 4.76. The van der Waals surface area contributed by atoms with Crippen molar-refractivity contribution in [1.82, 2.24) is 0 Å². The predicted octanol–water partition coefficient (Wildman–Crippen LogP) is 6.43. The zero-order valence-corrected chi connectivity index (χ0v) is 21.3. The number of ketones is 1. The first-order valence-corrected chi connectivity index (χ1v) is 13.0. The van der Waals surface area contributed by atoms with E-state index in [1.165, 1.54) is 32.1 Å². The van der Waals surface area contributed by atoms with Crippen LogP contribution in [0.3, 0.4) is 0 Å². The third-order valence-electron chi connectivity index (χ3n) is 10.8. The molecule has 8 atom stereocenters. The zero-order valence-electron chi connectivity index (χ0n) is 21.3. The molecule has 5 aliphatic carbocycles. The number of ether oxygens (including phenoxy) is 2. The molecule has 3 nitrogen and oxygen atoms in total. The molecule has 5 saturated carbocycles. The molecule has 0 amide bonds. The molecule has 2 bridgehead atoms. The van der Waals surface area contributed by atoms with E-state index in [0.29, 0.717) is 23.0 Å². The van der Waals surface area contributed by atoms with Crippen LogP contribution in [0.5, 0.6) is 0 Å². The summed E-state index contributed by atoms with van der Waals surface area (Å²) in [5, 5.41) is 0. The van der Waals surface area contributed by atoms with Crippen molar-refractivity contribution < 1.29 is 14.3 Å². The number of hydrogen-bond acceptors (Lipinski definition) is 3. The molecule has 0 aliphatic heterocycles. The summed E-state index contributed by atoms with van der Waals surface area (Å²) in [5.41, 5.74) is 0.956. The van der Waals surface area contributed by atoms with Gasteiger partial charge >= 0.3 is 0 Å². The Morgan fingerprint density at radius 1 is 1.00 bits per heavy atom. The second-order valence-electron chi connectivity index (χ2n) is 14.8. The van der Waals surface area contributed by atoms with Crippen molar-refractivity contribution in [2.45, 2.75) is 119 Å². The Labute approximate surface area is 190 Å². The van der Waals surface area contributed by atoms with Crippen molar-refractivity contribution in [1.29, 1.82) is 0 Å². The molecule has 0 unspecified atom stereocenters. The average molecular weight is 431 g/mol. The highest BCUT2D eigenvalue weighted by Gasteiger charge is 2.71. The highest BCUT2D eigenvalue weighted by atomic mass is 16.6. The fraction of sp³-hybridized carbons (Fsp3) is 0.964. The molecule has 5 rings (SSSR count). The molecule has 5 aliphatic rings. The molecule has 3 heteroatoms. The van der Waals surface area contributed by atoms with Gasteiger partial charge < -0.3 is 9.47 Å². The number of carbonyl (C=O) groups excluding carboxylic acids is 1. The van der Waals surface area contributed by atoms with Gasteiger partial charge in [0.2, 0.25) is 0 Å².